The molecule has 0 radical (unpaired) electrons. The summed E-state index contributed by atoms with van der Waals surface area (Å²) in [5.41, 5.74) is 1.04. The zero-order valence-corrected chi connectivity index (χ0v) is 11.9. The van der Waals surface area contributed by atoms with E-state index < -0.39 is 0 Å². The molecule has 0 fully saturated rings. The summed E-state index contributed by atoms with van der Waals surface area (Å²) in [6.07, 6.45) is 8.75. The summed E-state index contributed by atoms with van der Waals surface area (Å²) in [6.45, 7) is 2.15. The molecule has 20 heavy (non-hydrogen) atoms. The first-order valence-corrected chi connectivity index (χ1v) is 6.79. The number of hydrogen-bond acceptors (Lipinski definition) is 3. The molecule has 0 spiro atoms. The molecule has 0 aliphatic heterocycles. The normalized spacial score (nSPS) is 12.5. The molecule has 1 N–H and O–H groups in total. The Kier molecular flexibility index (Phi) is 5.33. The fraction of sp³-hybridized carbons (Fsp3) is 0.235. The highest BCUT2D eigenvalue weighted by molar-refractivity contribution is 5.50. The Morgan fingerprint density at radius 1 is 1.20 bits per heavy atom. The van der Waals surface area contributed by atoms with Crippen LogP contribution < -0.4 is 10.1 Å². The highest BCUT2D eigenvalue weighted by Gasteiger charge is 1.98. The predicted molar refractivity (Wildman–Crippen MR) is 82.9 cm³/mol. The number of para-hydroxylation sites is 1. The number of benzene rings is 1. The van der Waals surface area contributed by atoms with Crippen LogP contribution in [0.15, 0.2) is 54.9 Å². The molecule has 1 aromatic carbocycles. The van der Waals surface area contributed by atoms with Crippen molar-refractivity contribution in [1.82, 2.24) is 10.3 Å². The topological polar surface area (TPSA) is 34.2 Å². The van der Waals surface area contributed by atoms with E-state index >= 15 is 0 Å². The van der Waals surface area contributed by atoms with Crippen LogP contribution in [0.3, 0.4) is 0 Å². The second-order valence-corrected chi connectivity index (χ2v) is 4.70. The molecule has 0 amide bonds. The Labute approximate surface area is 120 Å². The van der Waals surface area contributed by atoms with Gasteiger partial charge in [0.1, 0.15) is 11.5 Å². The van der Waals surface area contributed by atoms with Crippen LogP contribution in [0.2, 0.25) is 0 Å². The second kappa shape index (κ2) is 7.46. The van der Waals surface area contributed by atoms with Crippen molar-refractivity contribution in [2.75, 3.05) is 7.05 Å². The molecule has 1 atom stereocenters. The molecule has 3 nitrogen and oxygen atoms in total. The quantitative estimate of drug-likeness (QED) is 0.863. The fourth-order valence-corrected chi connectivity index (χ4v) is 1.73. The van der Waals surface area contributed by atoms with E-state index in [2.05, 4.69) is 29.4 Å². The van der Waals surface area contributed by atoms with Gasteiger partial charge in [0.05, 0.1) is 6.20 Å². The van der Waals surface area contributed by atoms with Gasteiger partial charge < -0.3 is 10.1 Å². The summed E-state index contributed by atoms with van der Waals surface area (Å²) in [6, 6.07) is 12.2. The third kappa shape index (κ3) is 4.52. The van der Waals surface area contributed by atoms with Crippen molar-refractivity contribution in [2.45, 2.75) is 19.4 Å². The molecule has 1 aromatic heterocycles. The summed E-state index contributed by atoms with van der Waals surface area (Å²) in [5.74, 6) is 1.57. The van der Waals surface area contributed by atoms with Crippen LogP contribution in [-0.4, -0.2) is 18.1 Å². The first-order valence-electron chi connectivity index (χ1n) is 6.79. The smallest absolute Gasteiger partial charge is 0.146 e. The van der Waals surface area contributed by atoms with Gasteiger partial charge in [-0.3, -0.25) is 4.98 Å². The molecular weight excluding hydrogens is 248 g/mol. The minimum absolute atomic E-state index is 0.475. The lowest BCUT2D eigenvalue weighted by Gasteiger charge is -2.06. The van der Waals surface area contributed by atoms with Crippen molar-refractivity contribution in [1.29, 1.82) is 0 Å². The van der Waals surface area contributed by atoms with Crippen LogP contribution >= 0.6 is 0 Å². The minimum Gasteiger partial charge on any atom is -0.456 e. The van der Waals surface area contributed by atoms with Gasteiger partial charge in [-0.05, 0) is 44.2 Å². The summed E-state index contributed by atoms with van der Waals surface area (Å²) in [7, 11) is 1.97. The first-order chi connectivity index (χ1) is 9.78. The van der Waals surface area contributed by atoms with Crippen molar-refractivity contribution in [3.05, 3.63) is 60.4 Å². The Bertz CT molecular complexity index is 552. The molecule has 0 saturated heterocycles. The first kappa shape index (κ1) is 14.3. The molecule has 0 bridgehead atoms. The molecular formula is C17H20N2O. The zero-order valence-electron chi connectivity index (χ0n) is 11.9. The van der Waals surface area contributed by atoms with Crippen molar-refractivity contribution < 1.29 is 4.74 Å². The van der Waals surface area contributed by atoms with Crippen molar-refractivity contribution >= 4 is 6.08 Å². The monoisotopic (exact) mass is 268 g/mol. The maximum Gasteiger partial charge on any atom is 0.146 e. The van der Waals surface area contributed by atoms with Crippen LogP contribution in [0, 0.1) is 0 Å². The molecule has 0 aliphatic carbocycles. The van der Waals surface area contributed by atoms with Crippen molar-refractivity contribution in [3.63, 3.8) is 0 Å². The maximum absolute atomic E-state index is 5.76. The van der Waals surface area contributed by atoms with Gasteiger partial charge in [-0.2, -0.15) is 0 Å². The molecule has 0 aliphatic rings. The van der Waals surface area contributed by atoms with E-state index in [4.69, 9.17) is 4.74 Å². The van der Waals surface area contributed by atoms with Crippen molar-refractivity contribution in [2.24, 2.45) is 0 Å². The van der Waals surface area contributed by atoms with E-state index in [9.17, 15) is 0 Å². The van der Waals surface area contributed by atoms with Gasteiger partial charge in [0.25, 0.3) is 0 Å². The summed E-state index contributed by atoms with van der Waals surface area (Å²) < 4.78 is 5.76. The zero-order chi connectivity index (χ0) is 14.2. The highest BCUT2D eigenvalue weighted by Crippen LogP contribution is 2.21. The van der Waals surface area contributed by atoms with Gasteiger partial charge in [-0.25, -0.2) is 0 Å². The largest absolute Gasteiger partial charge is 0.456 e. The molecule has 2 aromatic rings. The summed E-state index contributed by atoms with van der Waals surface area (Å²) in [5, 5.41) is 3.20. The van der Waals surface area contributed by atoms with Crippen LogP contribution in [-0.2, 0) is 0 Å². The van der Waals surface area contributed by atoms with Crippen molar-refractivity contribution in [3.8, 4) is 11.5 Å². The standard InChI is InChI=1S/C17H20N2O/c1-14(18-2)7-6-8-15-11-17(13-19-12-15)20-16-9-4-3-5-10-16/h3-6,8-14,18H,7H2,1-2H3/b8-6+. The number of ether oxygens (including phenoxy) is 1. The van der Waals surface area contributed by atoms with E-state index in [1.54, 1.807) is 6.20 Å². The molecule has 2 rings (SSSR count). The number of nitrogens with zero attached hydrogens (tertiary/aromatic N) is 1. The lowest BCUT2D eigenvalue weighted by molar-refractivity contribution is 0.480. The van der Waals surface area contributed by atoms with Gasteiger partial charge in [-0.1, -0.05) is 30.4 Å². The van der Waals surface area contributed by atoms with E-state index in [0.717, 1.165) is 23.5 Å². The van der Waals surface area contributed by atoms with Crippen LogP contribution in [0.1, 0.15) is 18.9 Å². The SMILES string of the molecule is CNC(C)C/C=C/c1cncc(Oc2ccccc2)c1. The maximum atomic E-state index is 5.76. The molecule has 0 saturated carbocycles. The Morgan fingerprint density at radius 2 is 2.00 bits per heavy atom. The molecule has 1 heterocycles. The minimum atomic E-state index is 0.475. The van der Waals surface area contributed by atoms with Crippen LogP contribution in [0.5, 0.6) is 11.5 Å². The van der Waals surface area contributed by atoms with E-state index in [1.165, 1.54) is 0 Å². The Hall–Kier alpha value is -2.13. The third-order valence-electron chi connectivity index (χ3n) is 3.01. The van der Waals surface area contributed by atoms with Gasteiger partial charge in [0.15, 0.2) is 0 Å². The fourth-order valence-electron chi connectivity index (χ4n) is 1.73. The average molecular weight is 268 g/mol. The van der Waals surface area contributed by atoms with E-state index in [-0.39, 0.29) is 0 Å². The average Bonchev–Trinajstić information content (AvgIpc) is 2.48. The highest BCUT2D eigenvalue weighted by atomic mass is 16.5. The number of aromatic nitrogens is 1. The number of rotatable bonds is 6. The predicted octanol–water partition coefficient (Wildman–Crippen LogP) is 3.89. The molecule has 1 unspecified atom stereocenters. The molecule has 3 heteroatoms. The Morgan fingerprint density at radius 3 is 2.75 bits per heavy atom. The number of pyridine rings is 1. The lowest BCUT2D eigenvalue weighted by atomic mass is 10.2. The third-order valence-corrected chi connectivity index (χ3v) is 3.01. The lowest BCUT2D eigenvalue weighted by Crippen LogP contribution is -2.19. The molecule has 104 valence electrons. The number of hydrogen-bond donors (Lipinski definition) is 1. The summed E-state index contributed by atoms with van der Waals surface area (Å²) in [4.78, 5) is 4.21. The van der Waals surface area contributed by atoms with Gasteiger partial charge >= 0.3 is 0 Å². The van der Waals surface area contributed by atoms with Crippen LogP contribution in [0.4, 0.5) is 0 Å². The van der Waals surface area contributed by atoms with Gasteiger partial charge in [0, 0.05) is 12.2 Å². The second-order valence-electron chi connectivity index (χ2n) is 4.70. The van der Waals surface area contributed by atoms with E-state index in [1.807, 2.05) is 49.6 Å². The Balaban J connectivity index is 2.01. The van der Waals surface area contributed by atoms with Gasteiger partial charge in [0.2, 0.25) is 0 Å². The van der Waals surface area contributed by atoms with Crippen LogP contribution in [0.25, 0.3) is 6.08 Å². The summed E-state index contributed by atoms with van der Waals surface area (Å²) >= 11 is 0. The number of nitrogens with one attached hydrogen (secondary N) is 1. The van der Waals surface area contributed by atoms with E-state index in [0.29, 0.717) is 6.04 Å². The van der Waals surface area contributed by atoms with Gasteiger partial charge in [-0.15, -0.1) is 0 Å².